The third-order valence-electron chi connectivity index (χ3n) is 2.83. The highest BCUT2D eigenvalue weighted by molar-refractivity contribution is 5.88. The van der Waals surface area contributed by atoms with Gasteiger partial charge in [0.1, 0.15) is 11.6 Å². The van der Waals surface area contributed by atoms with Gasteiger partial charge in [-0.3, -0.25) is 4.99 Å². The minimum Gasteiger partial charge on any atom is -0.493 e. The molecule has 0 fully saturated rings. The van der Waals surface area contributed by atoms with Gasteiger partial charge in [-0.1, -0.05) is 25.1 Å². The summed E-state index contributed by atoms with van der Waals surface area (Å²) in [6.07, 6.45) is 1.96. The lowest BCUT2D eigenvalue weighted by Gasteiger charge is -2.25. The maximum Gasteiger partial charge on any atom is 0.123 e. The molecule has 3 nitrogen and oxygen atoms in total. The van der Waals surface area contributed by atoms with Gasteiger partial charge in [0, 0.05) is 18.0 Å². The highest BCUT2D eigenvalue weighted by atomic mass is 16.5. The van der Waals surface area contributed by atoms with Gasteiger partial charge in [0.2, 0.25) is 0 Å². The highest BCUT2D eigenvalue weighted by Crippen LogP contribution is 2.33. The van der Waals surface area contributed by atoms with Crippen LogP contribution in [0, 0.1) is 0 Å². The summed E-state index contributed by atoms with van der Waals surface area (Å²) in [4.78, 5) is 4.40. The lowest BCUT2D eigenvalue weighted by molar-refractivity contribution is 0.282. The SMILES string of the molecule is CCCN=C(N)C1CCOc2ccccc21. The predicted octanol–water partition coefficient (Wildman–Crippen LogP) is 2.32. The van der Waals surface area contributed by atoms with E-state index in [1.165, 1.54) is 5.56 Å². The van der Waals surface area contributed by atoms with Crippen molar-refractivity contribution in [2.45, 2.75) is 25.7 Å². The van der Waals surface area contributed by atoms with E-state index in [2.05, 4.69) is 18.0 Å². The average molecular weight is 218 g/mol. The van der Waals surface area contributed by atoms with Crippen LogP contribution in [0.1, 0.15) is 31.2 Å². The fourth-order valence-electron chi connectivity index (χ4n) is 2.00. The van der Waals surface area contributed by atoms with Crippen molar-refractivity contribution in [3.05, 3.63) is 29.8 Å². The Morgan fingerprint density at radius 3 is 3.12 bits per heavy atom. The predicted molar refractivity (Wildman–Crippen MR) is 66.1 cm³/mol. The Morgan fingerprint density at radius 1 is 1.50 bits per heavy atom. The lowest BCUT2D eigenvalue weighted by atomic mass is 9.92. The first-order valence-electron chi connectivity index (χ1n) is 5.84. The molecule has 2 N–H and O–H groups in total. The third kappa shape index (κ3) is 2.18. The van der Waals surface area contributed by atoms with Gasteiger partial charge < -0.3 is 10.5 Å². The van der Waals surface area contributed by atoms with Crippen LogP contribution in [0.25, 0.3) is 0 Å². The van der Waals surface area contributed by atoms with Crippen molar-refractivity contribution in [2.24, 2.45) is 10.7 Å². The molecule has 0 aliphatic carbocycles. The molecule has 0 saturated carbocycles. The molecule has 1 aliphatic rings. The Bertz CT molecular complexity index is 387. The van der Waals surface area contributed by atoms with E-state index in [1.54, 1.807) is 0 Å². The Morgan fingerprint density at radius 2 is 2.31 bits per heavy atom. The Hall–Kier alpha value is -1.51. The fraction of sp³-hybridized carbons (Fsp3) is 0.462. The van der Waals surface area contributed by atoms with Crippen molar-refractivity contribution in [1.29, 1.82) is 0 Å². The Balaban J connectivity index is 2.24. The van der Waals surface area contributed by atoms with Crippen LogP contribution in [0.2, 0.25) is 0 Å². The molecule has 0 bridgehead atoms. The first-order valence-corrected chi connectivity index (χ1v) is 5.84. The third-order valence-corrected chi connectivity index (χ3v) is 2.83. The Labute approximate surface area is 96.3 Å². The molecule has 3 heteroatoms. The summed E-state index contributed by atoms with van der Waals surface area (Å²) in [6, 6.07) is 8.08. The largest absolute Gasteiger partial charge is 0.493 e. The summed E-state index contributed by atoms with van der Waals surface area (Å²) in [6.45, 7) is 3.64. The van der Waals surface area contributed by atoms with Crippen LogP contribution < -0.4 is 10.5 Å². The zero-order valence-electron chi connectivity index (χ0n) is 9.65. The summed E-state index contributed by atoms with van der Waals surface area (Å²) in [5.41, 5.74) is 7.22. The lowest BCUT2D eigenvalue weighted by Crippen LogP contribution is -2.27. The van der Waals surface area contributed by atoms with Crippen molar-refractivity contribution in [2.75, 3.05) is 13.2 Å². The van der Waals surface area contributed by atoms with Gasteiger partial charge >= 0.3 is 0 Å². The van der Waals surface area contributed by atoms with Crippen LogP contribution in [0.3, 0.4) is 0 Å². The number of hydrogen-bond acceptors (Lipinski definition) is 2. The molecule has 2 rings (SSSR count). The molecule has 1 heterocycles. The molecule has 1 aromatic carbocycles. The molecule has 0 amide bonds. The second-order valence-corrected chi connectivity index (χ2v) is 4.03. The van der Waals surface area contributed by atoms with Crippen molar-refractivity contribution in [1.82, 2.24) is 0 Å². The molecule has 86 valence electrons. The van der Waals surface area contributed by atoms with Crippen LogP contribution in [0.4, 0.5) is 0 Å². The number of benzene rings is 1. The van der Waals surface area contributed by atoms with E-state index >= 15 is 0 Å². The number of amidine groups is 1. The average Bonchev–Trinajstić information content (AvgIpc) is 2.35. The number of para-hydroxylation sites is 1. The van der Waals surface area contributed by atoms with E-state index in [9.17, 15) is 0 Å². The minimum atomic E-state index is 0.233. The van der Waals surface area contributed by atoms with Crippen LogP contribution in [0.5, 0.6) is 5.75 Å². The standard InChI is InChI=1S/C13H18N2O/c1-2-8-15-13(14)11-7-9-16-12-6-4-3-5-10(11)12/h3-6,11H,2,7-9H2,1H3,(H2,14,15). The maximum absolute atomic E-state index is 6.04. The Kier molecular flexibility index (Phi) is 3.44. The summed E-state index contributed by atoms with van der Waals surface area (Å²) in [5, 5.41) is 0. The van der Waals surface area contributed by atoms with E-state index < -0.39 is 0 Å². The number of aliphatic imine (C=N–C) groups is 1. The van der Waals surface area contributed by atoms with Gasteiger partial charge in [0.15, 0.2) is 0 Å². The van der Waals surface area contributed by atoms with Gasteiger partial charge in [0.05, 0.1) is 6.61 Å². The van der Waals surface area contributed by atoms with E-state index in [1.807, 2.05) is 18.2 Å². The highest BCUT2D eigenvalue weighted by Gasteiger charge is 2.23. The topological polar surface area (TPSA) is 47.6 Å². The first-order chi connectivity index (χ1) is 7.83. The van der Waals surface area contributed by atoms with Crippen LogP contribution in [0.15, 0.2) is 29.3 Å². The zero-order valence-corrected chi connectivity index (χ0v) is 9.65. The van der Waals surface area contributed by atoms with E-state index in [-0.39, 0.29) is 5.92 Å². The molecule has 0 spiro atoms. The van der Waals surface area contributed by atoms with Crippen LogP contribution in [-0.4, -0.2) is 19.0 Å². The molecule has 1 aromatic rings. The minimum absolute atomic E-state index is 0.233. The van der Waals surface area contributed by atoms with Crippen LogP contribution >= 0.6 is 0 Å². The maximum atomic E-state index is 6.04. The number of nitrogens with zero attached hydrogens (tertiary/aromatic N) is 1. The molecule has 1 aliphatic heterocycles. The number of nitrogens with two attached hydrogens (primary N) is 1. The molecular formula is C13H18N2O. The molecule has 0 radical (unpaired) electrons. The van der Waals surface area contributed by atoms with E-state index in [0.29, 0.717) is 0 Å². The smallest absolute Gasteiger partial charge is 0.123 e. The monoisotopic (exact) mass is 218 g/mol. The summed E-state index contributed by atoms with van der Waals surface area (Å²) in [5.74, 6) is 1.93. The quantitative estimate of drug-likeness (QED) is 0.625. The van der Waals surface area contributed by atoms with Gasteiger partial charge in [-0.15, -0.1) is 0 Å². The van der Waals surface area contributed by atoms with Crippen molar-refractivity contribution in [3.8, 4) is 5.75 Å². The summed E-state index contributed by atoms with van der Waals surface area (Å²) in [7, 11) is 0. The van der Waals surface area contributed by atoms with E-state index in [0.717, 1.165) is 37.6 Å². The molecule has 1 atom stereocenters. The van der Waals surface area contributed by atoms with Crippen molar-refractivity contribution < 1.29 is 4.74 Å². The van der Waals surface area contributed by atoms with Gasteiger partial charge in [0.25, 0.3) is 0 Å². The van der Waals surface area contributed by atoms with Gasteiger partial charge in [-0.2, -0.15) is 0 Å². The van der Waals surface area contributed by atoms with Crippen molar-refractivity contribution in [3.63, 3.8) is 0 Å². The molecule has 1 unspecified atom stereocenters. The number of fused-ring (bicyclic) bond motifs is 1. The molecule has 0 aromatic heterocycles. The van der Waals surface area contributed by atoms with Gasteiger partial charge in [-0.25, -0.2) is 0 Å². The second kappa shape index (κ2) is 5.01. The molecule has 0 saturated heterocycles. The number of rotatable bonds is 3. The van der Waals surface area contributed by atoms with E-state index in [4.69, 9.17) is 10.5 Å². The zero-order chi connectivity index (χ0) is 11.4. The summed E-state index contributed by atoms with van der Waals surface area (Å²) >= 11 is 0. The fourth-order valence-corrected chi connectivity index (χ4v) is 2.00. The van der Waals surface area contributed by atoms with Crippen molar-refractivity contribution >= 4 is 5.84 Å². The molecule has 16 heavy (non-hydrogen) atoms. The summed E-state index contributed by atoms with van der Waals surface area (Å²) < 4.78 is 5.60. The second-order valence-electron chi connectivity index (χ2n) is 4.03. The molecular weight excluding hydrogens is 200 g/mol. The van der Waals surface area contributed by atoms with Crippen LogP contribution in [-0.2, 0) is 0 Å². The first kappa shape index (κ1) is 11.0. The number of hydrogen-bond donors (Lipinski definition) is 1. The number of ether oxygens (including phenoxy) is 1. The normalized spacial score (nSPS) is 20.1. The van der Waals surface area contributed by atoms with Gasteiger partial charge in [-0.05, 0) is 18.9 Å².